The summed E-state index contributed by atoms with van der Waals surface area (Å²) in [6.45, 7) is 5.92. The van der Waals surface area contributed by atoms with Crippen LogP contribution in [0, 0.1) is 20.8 Å². The van der Waals surface area contributed by atoms with Crippen LogP contribution in [0.2, 0.25) is 0 Å². The maximum absolute atomic E-state index is 12.5. The van der Waals surface area contributed by atoms with E-state index in [1.807, 2.05) is 26.0 Å². The van der Waals surface area contributed by atoms with Crippen LogP contribution >= 0.6 is 0 Å². The number of aromatic hydroxyl groups is 1. The molecular formula is C22H24N4O4. The average molecular weight is 408 g/mol. The fourth-order valence-electron chi connectivity index (χ4n) is 3.34. The lowest BCUT2D eigenvalue weighted by Crippen LogP contribution is -2.17. The second kappa shape index (κ2) is 8.77. The van der Waals surface area contributed by atoms with E-state index in [0.29, 0.717) is 17.7 Å². The highest BCUT2D eigenvalue weighted by atomic mass is 16.4. The van der Waals surface area contributed by atoms with Gasteiger partial charge in [0.15, 0.2) is 11.4 Å². The molecule has 2 aromatic carbocycles. The Balaban J connectivity index is 1.89. The molecule has 3 aromatic rings. The molecule has 0 saturated carbocycles. The number of phenolic OH excluding ortho intramolecular Hbond substituents is 1. The molecule has 0 unspecified atom stereocenters. The van der Waals surface area contributed by atoms with Gasteiger partial charge in [0.2, 0.25) is 0 Å². The third kappa shape index (κ3) is 4.65. The molecule has 30 heavy (non-hydrogen) atoms. The van der Waals surface area contributed by atoms with Crippen LogP contribution < -0.4 is 5.56 Å². The fraction of sp³-hybridized carbons (Fsp3) is 0.273. The number of nitrogens with one attached hydrogen (secondary N) is 1. The Hall–Kier alpha value is -3.68. The molecule has 0 amide bonds. The van der Waals surface area contributed by atoms with Crippen molar-refractivity contribution in [2.24, 2.45) is 10.2 Å². The summed E-state index contributed by atoms with van der Waals surface area (Å²) < 4.78 is 1.32. The number of para-hydroxylation sites is 1. The van der Waals surface area contributed by atoms with Crippen LogP contribution in [0.3, 0.4) is 0 Å². The molecule has 0 spiro atoms. The number of H-pyrrole nitrogens is 1. The molecule has 0 saturated heterocycles. The third-order valence-corrected chi connectivity index (χ3v) is 4.68. The Bertz CT molecular complexity index is 1150. The van der Waals surface area contributed by atoms with Crippen molar-refractivity contribution < 1.29 is 15.0 Å². The summed E-state index contributed by atoms with van der Waals surface area (Å²) in [7, 11) is 0. The maximum Gasteiger partial charge on any atom is 0.303 e. The van der Waals surface area contributed by atoms with Crippen LogP contribution in [0.25, 0.3) is 11.1 Å². The molecular weight excluding hydrogens is 384 g/mol. The van der Waals surface area contributed by atoms with Gasteiger partial charge < -0.3 is 10.2 Å². The normalized spacial score (nSPS) is 11.3. The fourth-order valence-corrected chi connectivity index (χ4v) is 3.34. The number of aromatic amines is 1. The van der Waals surface area contributed by atoms with Gasteiger partial charge in [-0.2, -0.15) is 0 Å². The predicted octanol–water partition coefficient (Wildman–Crippen LogP) is 4.75. The number of benzene rings is 2. The first kappa shape index (κ1) is 21.0. The van der Waals surface area contributed by atoms with Crippen LogP contribution in [-0.2, 0) is 11.3 Å². The lowest BCUT2D eigenvalue weighted by molar-refractivity contribution is -0.137. The van der Waals surface area contributed by atoms with Crippen LogP contribution in [-0.4, -0.2) is 26.0 Å². The highest BCUT2D eigenvalue weighted by molar-refractivity contribution is 5.77. The van der Waals surface area contributed by atoms with E-state index in [2.05, 4.69) is 21.4 Å². The molecule has 1 aromatic heterocycles. The Kier molecular flexibility index (Phi) is 6.15. The van der Waals surface area contributed by atoms with Gasteiger partial charge in [-0.15, -0.1) is 10.2 Å². The van der Waals surface area contributed by atoms with E-state index in [1.165, 1.54) is 4.68 Å². The van der Waals surface area contributed by atoms with Gasteiger partial charge in [-0.25, -0.2) is 0 Å². The number of nitrogens with zero attached hydrogens (tertiary/aromatic N) is 3. The van der Waals surface area contributed by atoms with Crippen molar-refractivity contribution in [3.8, 4) is 16.9 Å². The lowest BCUT2D eigenvalue weighted by Gasteiger charge is -2.08. The number of carbonyl (C=O) groups is 1. The number of rotatable bonds is 7. The molecule has 8 nitrogen and oxygen atoms in total. The summed E-state index contributed by atoms with van der Waals surface area (Å²) in [5.74, 6) is -0.924. The zero-order chi connectivity index (χ0) is 21.8. The van der Waals surface area contributed by atoms with Gasteiger partial charge in [-0.3, -0.25) is 19.4 Å². The number of carboxylic acids is 1. The molecule has 0 bridgehead atoms. The van der Waals surface area contributed by atoms with Crippen molar-refractivity contribution in [1.29, 1.82) is 0 Å². The first-order valence-corrected chi connectivity index (χ1v) is 9.60. The van der Waals surface area contributed by atoms with Crippen molar-refractivity contribution in [3.05, 3.63) is 63.6 Å². The number of carboxylic acid groups (broad SMARTS) is 1. The minimum atomic E-state index is -0.912. The molecule has 8 heteroatoms. The highest BCUT2D eigenvalue weighted by Gasteiger charge is 2.13. The number of aryl methyl sites for hydroxylation is 4. The van der Waals surface area contributed by atoms with Gasteiger partial charge in [0, 0.05) is 18.5 Å². The van der Waals surface area contributed by atoms with Crippen molar-refractivity contribution in [2.45, 2.75) is 40.2 Å². The van der Waals surface area contributed by atoms with Crippen LogP contribution in [0.5, 0.6) is 5.75 Å². The monoisotopic (exact) mass is 408 g/mol. The molecule has 3 rings (SSSR count). The zero-order valence-corrected chi connectivity index (χ0v) is 17.1. The molecule has 1 heterocycles. The summed E-state index contributed by atoms with van der Waals surface area (Å²) in [5, 5.41) is 30.5. The van der Waals surface area contributed by atoms with E-state index in [0.717, 1.165) is 16.7 Å². The van der Waals surface area contributed by atoms with E-state index in [4.69, 9.17) is 5.11 Å². The molecule has 156 valence electrons. The molecule has 0 atom stereocenters. The van der Waals surface area contributed by atoms with Crippen LogP contribution in [0.15, 0.2) is 51.4 Å². The quantitative estimate of drug-likeness (QED) is 0.488. The Morgan fingerprint density at radius 3 is 2.47 bits per heavy atom. The van der Waals surface area contributed by atoms with Gasteiger partial charge >= 0.3 is 5.97 Å². The number of aliphatic carboxylic acids is 1. The number of azo groups is 1. The van der Waals surface area contributed by atoms with Crippen molar-refractivity contribution in [1.82, 2.24) is 9.78 Å². The summed E-state index contributed by atoms with van der Waals surface area (Å²) in [5.41, 5.74) is 4.20. The van der Waals surface area contributed by atoms with Gasteiger partial charge in [0.05, 0.1) is 5.69 Å². The summed E-state index contributed by atoms with van der Waals surface area (Å²) in [6.07, 6.45) is 0.297. The van der Waals surface area contributed by atoms with Gasteiger partial charge in [0.25, 0.3) is 5.56 Å². The maximum atomic E-state index is 12.5. The summed E-state index contributed by atoms with van der Waals surface area (Å²) in [6, 6.07) is 11.2. The molecule has 0 aliphatic rings. The molecule has 3 N–H and O–H groups in total. The largest absolute Gasteiger partial charge is 0.505 e. The van der Waals surface area contributed by atoms with Gasteiger partial charge in [0.1, 0.15) is 5.69 Å². The van der Waals surface area contributed by atoms with Crippen LogP contribution in [0.4, 0.5) is 11.4 Å². The van der Waals surface area contributed by atoms with E-state index in [9.17, 15) is 14.7 Å². The number of hydrogen-bond donors (Lipinski definition) is 3. The van der Waals surface area contributed by atoms with Crippen molar-refractivity contribution in [2.75, 3.05) is 0 Å². The van der Waals surface area contributed by atoms with Crippen LogP contribution in [0.1, 0.15) is 29.7 Å². The van der Waals surface area contributed by atoms with Gasteiger partial charge in [-0.05, 0) is 38.8 Å². The topological polar surface area (TPSA) is 120 Å². The number of aromatic nitrogens is 2. The Labute approximate surface area is 173 Å². The van der Waals surface area contributed by atoms with E-state index < -0.39 is 5.97 Å². The first-order chi connectivity index (χ1) is 14.3. The molecule has 0 radical (unpaired) electrons. The molecule has 0 aliphatic carbocycles. The minimum Gasteiger partial charge on any atom is -0.505 e. The number of phenols is 1. The Morgan fingerprint density at radius 1 is 1.10 bits per heavy atom. The van der Waals surface area contributed by atoms with E-state index in [-0.39, 0.29) is 35.6 Å². The minimum absolute atomic E-state index is 0.0128. The SMILES string of the molecule is Cc1cc(C)cc(-c2cccc(N=Nc3c(C)[nH]n(CCCC(=O)O)c3=O)c2O)c1. The standard InChI is InChI=1S/C22H24N4O4/c1-13-10-14(2)12-16(11-13)17-6-4-7-18(21(17)29)23-24-20-15(3)25-26(22(20)30)9-5-8-19(27)28/h4,6-7,10-12,25,29H,5,8-9H2,1-3H3,(H,27,28). The highest BCUT2D eigenvalue weighted by Crippen LogP contribution is 2.38. The van der Waals surface area contributed by atoms with Crippen molar-refractivity contribution in [3.63, 3.8) is 0 Å². The smallest absolute Gasteiger partial charge is 0.303 e. The Morgan fingerprint density at radius 2 is 1.80 bits per heavy atom. The van der Waals surface area contributed by atoms with Crippen molar-refractivity contribution >= 4 is 17.3 Å². The summed E-state index contributed by atoms with van der Waals surface area (Å²) in [4.78, 5) is 23.2. The second-order valence-electron chi connectivity index (χ2n) is 7.29. The molecule has 0 aliphatic heterocycles. The average Bonchev–Trinajstić information content (AvgIpc) is 2.93. The van der Waals surface area contributed by atoms with E-state index in [1.54, 1.807) is 25.1 Å². The number of hydrogen-bond acceptors (Lipinski definition) is 5. The molecule has 0 fully saturated rings. The lowest BCUT2D eigenvalue weighted by atomic mass is 9.99. The third-order valence-electron chi connectivity index (χ3n) is 4.68. The second-order valence-corrected chi connectivity index (χ2v) is 7.29. The van der Waals surface area contributed by atoms with E-state index >= 15 is 0 Å². The first-order valence-electron chi connectivity index (χ1n) is 9.60. The zero-order valence-electron chi connectivity index (χ0n) is 17.1. The summed E-state index contributed by atoms with van der Waals surface area (Å²) >= 11 is 0. The van der Waals surface area contributed by atoms with Gasteiger partial charge in [-0.1, -0.05) is 41.5 Å². The predicted molar refractivity (Wildman–Crippen MR) is 114 cm³/mol.